The highest BCUT2D eigenvalue weighted by molar-refractivity contribution is 8.15. The molecule has 2 aliphatic rings. The van der Waals surface area contributed by atoms with Crippen LogP contribution in [0.25, 0.3) is 22.5 Å². The van der Waals surface area contributed by atoms with Gasteiger partial charge >= 0.3 is 0 Å². The Bertz CT molecular complexity index is 1270. The number of nitrogens with zero attached hydrogens (tertiary/aromatic N) is 3. The van der Waals surface area contributed by atoms with E-state index in [1.54, 1.807) is 0 Å². The largest absolute Gasteiger partial charge is 0.355 e. The number of carbonyl (C=O) groups is 2. The molecule has 2 aromatic carbocycles. The van der Waals surface area contributed by atoms with Gasteiger partial charge in [-0.1, -0.05) is 90.7 Å². The van der Waals surface area contributed by atoms with Crippen LogP contribution < -0.4 is 10.2 Å². The van der Waals surface area contributed by atoms with Crippen LogP contribution in [-0.2, 0) is 11.2 Å². The second-order valence-electron chi connectivity index (χ2n) is 10.1. The quantitative estimate of drug-likeness (QED) is 0.329. The molecule has 0 saturated carbocycles. The maximum Gasteiger partial charge on any atom is 0.286 e. The van der Waals surface area contributed by atoms with Crippen molar-refractivity contribution in [3.8, 4) is 22.5 Å². The number of fused-ring (bicyclic) bond motifs is 1. The molecule has 1 fully saturated rings. The zero-order valence-corrected chi connectivity index (χ0v) is 22.4. The van der Waals surface area contributed by atoms with Gasteiger partial charge in [-0.2, -0.15) is 0 Å². The lowest BCUT2D eigenvalue weighted by Crippen LogP contribution is -2.32. The van der Waals surface area contributed by atoms with Gasteiger partial charge in [0.05, 0.1) is 22.3 Å². The van der Waals surface area contributed by atoms with Crippen LogP contribution in [0.15, 0.2) is 48.5 Å². The fraction of sp³-hybridized carbons (Fsp3) is 0.400. The first-order chi connectivity index (χ1) is 18.0. The second-order valence-corrected chi connectivity index (χ2v) is 11.3. The first-order valence-electron chi connectivity index (χ1n) is 13.3. The summed E-state index contributed by atoms with van der Waals surface area (Å²) in [6.45, 7) is 6.16. The number of amides is 2. The van der Waals surface area contributed by atoms with Gasteiger partial charge in [-0.15, -0.1) is 0 Å². The maximum atomic E-state index is 11.7. The van der Waals surface area contributed by atoms with Gasteiger partial charge in [0.15, 0.2) is 5.82 Å². The summed E-state index contributed by atoms with van der Waals surface area (Å²) in [6, 6.07) is 17.1. The van der Waals surface area contributed by atoms with E-state index in [2.05, 4.69) is 72.6 Å². The van der Waals surface area contributed by atoms with Gasteiger partial charge in [0.2, 0.25) is 5.91 Å². The summed E-state index contributed by atoms with van der Waals surface area (Å²) < 4.78 is 0. The van der Waals surface area contributed by atoms with Crippen LogP contribution in [0, 0.1) is 13.8 Å². The van der Waals surface area contributed by atoms with E-state index in [4.69, 9.17) is 9.97 Å². The summed E-state index contributed by atoms with van der Waals surface area (Å²) >= 11 is 1.13. The Balaban J connectivity index is 1.30. The van der Waals surface area contributed by atoms with Crippen LogP contribution in [-0.4, -0.2) is 39.5 Å². The topological polar surface area (TPSA) is 75.2 Å². The first kappa shape index (κ1) is 25.5. The number of thioether (sulfide) groups is 1. The van der Waals surface area contributed by atoms with Crippen molar-refractivity contribution in [2.75, 3.05) is 18.0 Å². The monoisotopic (exact) mass is 514 g/mol. The zero-order valence-electron chi connectivity index (χ0n) is 21.6. The highest BCUT2D eigenvalue weighted by atomic mass is 32.2. The fourth-order valence-electron chi connectivity index (χ4n) is 5.04. The number of unbranched alkanes of at least 4 members (excludes halogenated alkanes) is 3. The van der Waals surface area contributed by atoms with Crippen molar-refractivity contribution in [3.05, 3.63) is 65.4 Å². The summed E-state index contributed by atoms with van der Waals surface area (Å²) in [5.41, 5.74) is 7.64. The minimum Gasteiger partial charge on any atom is -0.355 e. The van der Waals surface area contributed by atoms with Crippen molar-refractivity contribution < 1.29 is 9.59 Å². The number of aromatic nitrogens is 2. The van der Waals surface area contributed by atoms with E-state index < -0.39 is 0 Å². The molecule has 3 aromatic rings. The molecule has 0 spiro atoms. The van der Waals surface area contributed by atoms with Gasteiger partial charge < -0.3 is 4.90 Å². The Labute approximate surface area is 223 Å². The van der Waals surface area contributed by atoms with Crippen molar-refractivity contribution in [1.29, 1.82) is 0 Å². The van der Waals surface area contributed by atoms with Crippen LogP contribution >= 0.6 is 11.8 Å². The number of imide groups is 1. The number of anilines is 1. The molecule has 2 aliphatic heterocycles. The molecule has 5 rings (SSSR count). The van der Waals surface area contributed by atoms with Crippen LogP contribution in [0.5, 0.6) is 0 Å². The third kappa shape index (κ3) is 6.04. The second kappa shape index (κ2) is 11.5. The van der Waals surface area contributed by atoms with E-state index in [0.29, 0.717) is 0 Å². The average Bonchev–Trinajstić information content (AvgIpc) is 3.22. The molecule has 1 unspecified atom stereocenters. The summed E-state index contributed by atoms with van der Waals surface area (Å²) in [5, 5.41) is 1.95. The molecular weight excluding hydrogens is 480 g/mol. The molecule has 192 valence electrons. The summed E-state index contributed by atoms with van der Waals surface area (Å²) in [4.78, 5) is 35.9. The number of nitrogens with one attached hydrogen (secondary N) is 1. The molecule has 37 heavy (non-hydrogen) atoms. The van der Waals surface area contributed by atoms with Gasteiger partial charge in [0.25, 0.3) is 5.24 Å². The Morgan fingerprint density at radius 3 is 2.11 bits per heavy atom. The van der Waals surface area contributed by atoms with Crippen LogP contribution in [0.2, 0.25) is 0 Å². The smallest absolute Gasteiger partial charge is 0.286 e. The SMILES string of the molecule is Cc1ccc(-c2nc3c(nc2-c2ccc(C)cc2)N(CCCCCCC2SC(=O)NC2=O)CCC3)cc1. The number of rotatable bonds is 9. The Morgan fingerprint density at radius 1 is 0.865 bits per heavy atom. The standard InChI is InChI=1S/C30H34N4O2S/c1-20-10-14-22(15-11-20)26-27(23-16-12-21(2)13-17-23)32-28-24(31-26)8-7-19-34(28)18-6-4-3-5-9-25-29(35)33-30(36)37-25/h10-17,25H,3-9,18-19H2,1-2H3,(H,33,35,36). The molecule has 0 aliphatic carbocycles. The van der Waals surface area contributed by atoms with E-state index >= 15 is 0 Å². The lowest BCUT2D eigenvalue weighted by atomic mass is 10.0. The predicted molar refractivity (Wildman–Crippen MR) is 151 cm³/mol. The minimum absolute atomic E-state index is 0.132. The molecule has 1 aromatic heterocycles. The molecule has 7 heteroatoms. The zero-order chi connectivity index (χ0) is 25.8. The van der Waals surface area contributed by atoms with Crippen molar-refractivity contribution in [1.82, 2.24) is 15.3 Å². The molecule has 3 heterocycles. The lowest BCUT2D eigenvalue weighted by molar-refractivity contribution is -0.119. The Morgan fingerprint density at radius 2 is 1.49 bits per heavy atom. The lowest BCUT2D eigenvalue weighted by Gasteiger charge is -2.30. The predicted octanol–water partition coefficient (Wildman–Crippen LogP) is 6.48. The van der Waals surface area contributed by atoms with Gasteiger partial charge in [-0.3, -0.25) is 14.9 Å². The van der Waals surface area contributed by atoms with Gasteiger partial charge in [0.1, 0.15) is 0 Å². The number of aryl methyl sites for hydroxylation is 3. The number of hydrogen-bond acceptors (Lipinski definition) is 6. The molecule has 0 bridgehead atoms. The number of carbonyl (C=O) groups excluding carboxylic acids is 2. The fourth-order valence-corrected chi connectivity index (χ4v) is 5.91. The molecule has 6 nitrogen and oxygen atoms in total. The number of benzene rings is 2. The van der Waals surface area contributed by atoms with Crippen molar-refractivity contribution >= 4 is 28.7 Å². The van der Waals surface area contributed by atoms with Crippen molar-refractivity contribution in [2.24, 2.45) is 0 Å². The molecule has 1 atom stereocenters. The Kier molecular flexibility index (Phi) is 7.89. The third-order valence-corrected chi connectivity index (χ3v) is 8.20. The number of hydrogen-bond donors (Lipinski definition) is 1. The maximum absolute atomic E-state index is 11.7. The van der Waals surface area contributed by atoms with Gasteiger partial charge in [0, 0.05) is 24.2 Å². The third-order valence-electron chi connectivity index (χ3n) is 7.15. The molecule has 1 N–H and O–H groups in total. The molecular formula is C30H34N4O2S. The molecule has 1 saturated heterocycles. The Hall–Kier alpha value is -3.19. The summed E-state index contributed by atoms with van der Waals surface area (Å²) in [5.74, 6) is 0.892. The normalized spacial score (nSPS) is 17.1. The van der Waals surface area contributed by atoms with Gasteiger partial charge in [-0.25, -0.2) is 9.97 Å². The molecule has 2 amide bonds. The highest BCUT2D eigenvalue weighted by Gasteiger charge is 2.30. The van der Waals surface area contributed by atoms with E-state index in [-0.39, 0.29) is 16.4 Å². The highest BCUT2D eigenvalue weighted by Crippen LogP contribution is 2.35. The van der Waals surface area contributed by atoms with Crippen molar-refractivity contribution in [2.45, 2.75) is 64.0 Å². The van der Waals surface area contributed by atoms with Gasteiger partial charge in [-0.05, 0) is 39.5 Å². The van der Waals surface area contributed by atoms with E-state index in [1.807, 2.05) is 0 Å². The average molecular weight is 515 g/mol. The molecule has 0 radical (unpaired) electrons. The van der Waals surface area contributed by atoms with E-state index in [0.717, 1.165) is 104 Å². The summed E-state index contributed by atoms with van der Waals surface area (Å²) in [7, 11) is 0. The van der Waals surface area contributed by atoms with E-state index in [1.165, 1.54) is 11.1 Å². The van der Waals surface area contributed by atoms with Crippen LogP contribution in [0.1, 0.15) is 55.3 Å². The van der Waals surface area contributed by atoms with E-state index in [9.17, 15) is 9.59 Å². The summed E-state index contributed by atoms with van der Waals surface area (Å²) in [6.07, 6.45) is 6.99. The van der Waals surface area contributed by atoms with Crippen LogP contribution in [0.4, 0.5) is 10.6 Å². The van der Waals surface area contributed by atoms with Crippen molar-refractivity contribution in [3.63, 3.8) is 0 Å². The van der Waals surface area contributed by atoms with Crippen LogP contribution in [0.3, 0.4) is 0 Å². The minimum atomic E-state index is -0.213. The first-order valence-corrected chi connectivity index (χ1v) is 14.2.